The van der Waals surface area contributed by atoms with Gasteiger partial charge >= 0.3 is 0 Å². The van der Waals surface area contributed by atoms with Gasteiger partial charge in [-0.15, -0.1) is 0 Å². The Morgan fingerprint density at radius 2 is 2.25 bits per heavy atom. The quantitative estimate of drug-likeness (QED) is 0.840. The molecule has 2 atom stereocenters. The van der Waals surface area contributed by atoms with Crippen molar-refractivity contribution in [1.82, 2.24) is 0 Å². The molecule has 4 heteroatoms. The van der Waals surface area contributed by atoms with E-state index in [0.29, 0.717) is 6.04 Å². The minimum absolute atomic E-state index is 0.242. The van der Waals surface area contributed by atoms with E-state index in [4.69, 9.17) is 9.84 Å². The third-order valence-corrected chi connectivity index (χ3v) is 4.06. The molecule has 1 aliphatic rings. The first-order valence-corrected chi connectivity index (χ1v) is 7.41. The van der Waals surface area contributed by atoms with Crippen molar-refractivity contribution >= 4 is 5.69 Å². The molecule has 2 unspecified atom stereocenters. The fraction of sp³-hybridized carbons (Fsp3) is 0.625. The summed E-state index contributed by atoms with van der Waals surface area (Å²) in [4.78, 5) is 2.36. The summed E-state index contributed by atoms with van der Waals surface area (Å²) in [6, 6.07) is 6.37. The summed E-state index contributed by atoms with van der Waals surface area (Å²) in [5.74, 6) is 0.741. The maximum Gasteiger partial charge on any atom is 0.126 e. The zero-order valence-electron chi connectivity index (χ0n) is 12.4. The average molecular weight is 279 g/mol. The molecule has 0 saturated carbocycles. The number of rotatable bonds is 6. The molecule has 0 amide bonds. The summed E-state index contributed by atoms with van der Waals surface area (Å²) in [7, 11) is 1.64. The minimum atomic E-state index is -0.555. The van der Waals surface area contributed by atoms with Gasteiger partial charge in [-0.2, -0.15) is 0 Å². The van der Waals surface area contributed by atoms with Crippen molar-refractivity contribution < 1.29 is 14.9 Å². The molecule has 1 aromatic carbocycles. The second-order valence-corrected chi connectivity index (χ2v) is 5.42. The van der Waals surface area contributed by atoms with Gasteiger partial charge in [0, 0.05) is 30.4 Å². The van der Waals surface area contributed by atoms with Crippen LogP contribution in [-0.4, -0.2) is 36.5 Å². The second kappa shape index (κ2) is 6.95. The van der Waals surface area contributed by atoms with Gasteiger partial charge in [-0.25, -0.2) is 0 Å². The molecule has 20 heavy (non-hydrogen) atoms. The van der Waals surface area contributed by atoms with Crippen LogP contribution in [0.4, 0.5) is 5.69 Å². The van der Waals surface area contributed by atoms with Crippen LogP contribution in [0, 0.1) is 0 Å². The lowest BCUT2D eigenvalue weighted by Crippen LogP contribution is -2.30. The molecular formula is C16H25NO3. The molecule has 1 heterocycles. The number of hydrogen-bond donors (Lipinski definition) is 2. The predicted molar refractivity (Wildman–Crippen MR) is 80.3 cm³/mol. The van der Waals surface area contributed by atoms with Crippen molar-refractivity contribution in [2.45, 2.75) is 44.8 Å². The number of anilines is 1. The van der Waals surface area contributed by atoms with E-state index in [9.17, 15) is 5.11 Å². The average Bonchev–Trinajstić information content (AvgIpc) is 2.92. The van der Waals surface area contributed by atoms with E-state index in [-0.39, 0.29) is 6.61 Å². The number of benzene rings is 1. The van der Waals surface area contributed by atoms with Gasteiger partial charge in [0.25, 0.3) is 0 Å². The molecule has 2 rings (SSSR count). The Labute approximate surface area is 121 Å². The van der Waals surface area contributed by atoms with Crippen LogP contribution >= 0.6 is 0 Å². The molecule has 4 nitrogen and oxygen atoms in total. The van der Waals surface area contributed by atoms with E-state index in [1.165, 1.54) is 0 Å². The van der Waals surface area contributed by atoms with Crippen molar-refractivity contribution in [3.05, 3.63) is 23.8 Å². The van der Waals surface area contributed by atoms with Gasteiger partial charge in [-0.1, -0.05) is 6.07 Å². The van der Waals surface area contributed by atoms with Crippen molar-refractivity contribution in [3.63, 3.8) is 0 Å². The van der Waals surface area contributed by atoms with Crippen molar-refractivity contribution in [2.75, 3.05) is 25.2 Å². The molecule has 1 fully saturated rings. The van der Waals surface area contributed by atoms with E-state index in [1.54, 1.807) is 14.0 Å². The lowest BCUT2D eigenvalue weighted by Gasteiger charge is -2.30. The van der Waals surface area contributed by atoms with Gasteiger partial charge in [-0.05, 0) is 44.7 Å². The molecule has 1 aliphatic heterocycles. The van der Waals surface area contributed by atoms with Crippen LogP contribution in [0.2, 0.25) is 0 Å². The van der Waals surface area contributed by atoms with Crippen LogP contribution in [0.15, 0.2) is 18.2 Å². The number of hydrogen-bond acceptors (Lipinski definition) is 4. The fourth-order valence-corrected chi connectivity index (χ4v) is 3.16. The molecule has 112 valence electrons. The van der Waals surface area contributed by atoms with Gasteiger partial charge in [0.15, 0.2) is 0 Å². The zero-order chi connectivity index (χ0) is 14.5. The fourth-order valence-electron chi connectivity index (χ4n) is 3.16. The van der Waals surface area contributed by atoms with Crippen molar-refractivity contribution in [2.24, 2.45) is 0 Å². The first kappa shape index (κ1) is 15.1. The lowest BCUT2D eigenvalue weighted by atomic mass is 10.0. The highest BCUT2D eigenvalue weighted by molar-refractivity contribution is 5.61. The molecule has 0 spiro atoms. The van der Waals surface area contributed by atoms with Crippen molar-refractivity contribution in [3.8, 4) is 5.75 Å². The molecule has 0 bridgehead atoms. The molecule has 2 N–H and O–H groups in total. The summed E-state index contributed by atoms with van der Waals surface area (Å²) in [5, 5.41) is 19.1. The van der Waals surface area contributed by atoms with Gasteiger partial charge in [0.1, 0.15) is 5.75 Å². The molecule has 1 saturated heterocycles. The first-order valence-electron chi connectivity index (χ1n) is 7.41. The van der Waals surface area contributed by atoms with E-state index in [0.717, 1.165) is 49.2 Å². The molecular weight excluding hydrogens is 254 g/mol. The lowest BCUT2D eigenvalue weighted by molar-refractivity contribution is 0.194. The standard InChI is InChI=1S/C16H25NO3/c1-12(19)16-14(8-3-9-15(16)20-2)17-10-4-6-13(17)7-5-11-18/h3,8-9,12-13,18-19H,4-7,10-11H2,1-2H3. The molecule has 0 radical (unpaired) electrons. The summed E-state index contributed by atoms with van der Waals surface area (Å²) in [5.41, 5.74) is 1.94. The first-order chi connectivity index (χ1) is 9.69. The van der Waals surface area contributed by atoms with Gasteiger partial charge in [0.05, 0.1) is 13.2 Å². The highest BCUT2D eigenvalue weighted by atomic mass is 16.5. The monoisotopic (exact) mass is 279 g/mol. The van der Waals surface area contributed by atoms with Crippen LogP contribution in [0.3, 0.4) is 0 Å². The topological polar surface area (TPSA) is 52.9 Å². The molecule has 0 aromatic heterocycles. The minimum Gasteiger partial charge on any atom is -0.496 e. The van der Waals surface area contributed by atoms with Crippen LogP contribution in [-0.2, 0) is 0 Å². The zero-order valence-corrected chi connectivity index (χ0v) is 12.4. The smallest absolute Gasteiger partial charge is 0.126 e. The van der Waals surface area contributed by atoms with E-state index in [2.05, 4.69) is 11.0 Å². The normalized spacial score (nSPS) is 20.2. The SMILES string of the molecule is COc1cccc(N2CCCC2CCCO)c1C(C)O. The predicted octanol–water partition coefficient (Wildman–Crippen LogP) is 2.49. The Balaban J connectivity index is 2.31. The van der Waals surface area contributed by atoms with E-state index in [1.807, 2.05) is 12.1 Å². The van der Waals surface area contributed by atoms with E-state index < -0.39 is 6.10 Å². The van der Waals surface area contributed by atoms with Gasteiger partial charge in [0.2, 0.25) is 0 Å². The number of aliphatic hydroxyl groups is 2. The summed E-state index contributed by atoms with van der Waals surface area (Å²) in [6.45, 7) is 3.02. The Hall–Kier alpha value is -1.26. The van der Waals surface area contributed by atoms with Gasteiger partial charge in [-0.3, -0.25) is 0 Å². The number of aliphatic hydroxyl groups excluding tert-OH is 2. The van der Waals surface area contributed by atoms with Crippen LogP contribution in [0.1, 0.15) is 44.3 Å². The van der Waals surface area contributed by atoms with Crippen LogP contribution in [0.25, 0.3) is 0 Å². The number of ether oxygens (including phenoxy) is 1. The highest BCUT2D eigenvalue weighted by Gasteiger charge is 2.28. The maximum absolute atomic E-state index is 10.1. The third-order valence-electron chi connectivity index (χ3n) is 4.06. The van der Waals surface area contributed by atoms with Crippen molar-refractivity contribution in [1.29, 1.82) is 0 Å². The summed E-state index contributed by atoms with van der Waals surface area (Å²) >= 11 is 0. The van der Waals surface area contributed by atoms with Crippen LogP contribution < -0.4 is 9.64 Å². The second-order valence-electron chi connectivity index (χ2n) is 5.42. The van der Waals surface area contributed by atoms with Crippen LogP contribution in [0.5, 0.6) is 5.75 Å². The van der Waals surface area contributed by atoms with Gasteiger partial charge < -0.3 is 19.8 Å². The molecule has 0 aliphatic carbocycles. The third kappa shape index (κ3) is 3.07. The Morgan fingerprint density at radius 1 is 1.45 bits per heavy atom. The summed E-state index contributed by atoms with van der Waals surface area (Å²) < 4.78 is 5.40. The molecule has 1 aromatic rings. The number of methoxy groups -OCH3 is 1. The highest BCUT2D eigenvalue weighted by Crippen LogP contribution is 2.38. The van der Waals surface area contributed by atoms with E-state index >= 15 is 0 Å². The Morgan fingerprint density at radius 3 is 2.90 bits per heavy atom. The Kier molecular flexibility index (Phi) is 5.26. The summed E-state index contributed by atoms with van der Waals surface area (Å²) in [6.07, 6.45) is 3.57. The maximum atomic E-state index is 10.1. The number of nitrogens with zero attached hydrogens (tertiary/aromatic N) is 1. The Bertz CT molecular complexity index is 434. The largest absolute Gasteiger partial charge is 0.496 e.